The highest BCUT2D eigenvalue weighted by atomic mass is 16.3. The van der Waals surface area contributed by atoms with Crippen LogP contribution in [0.4, 0.5) is 0 Å². The van der Waals surface area contributed by atoms with Crippen LogP contribution in [-0.4, -0.2) is 17.3 Å². The summed E-state index contributed by atoms with van der Waals surface area (Å²) in [7, 11) is 0. The van der Waals surface area contributed by atoms with Crippen LogP contribution in [0, 0.1) is 11.8 Å². The number of hydrogen-bond donors (Lipinski definition) is 2. The molecule has 0 aromatic rings. The maximum Gasteiger partial charge on any atom is 0.0693 e. The van der Waals surface area contributed by atoms with E-state index in [1.165, 1.54) is 38.5 Å². The number of hydrogen-bond acceptors (Lipinski definition) is 2. The molecule has 2 aliphatic rings. The minimum absolute atomic E-state index is 0.0628. The first-order chi connectivity index (χ1) is 6.29. The van der Waals surface area contributed by atoms with Crippen LogP contribution < -0.4 is 5.73 Å². The zero-order chi connectivity index (χ0) is 9.26. The van der Waals surface area contributed by atoms with Crippen LogP contribution >= 0.6 is 0 Å². The summed E-state index contributed by atoms with van der Waals surface area (Å²) in [6.45, 7) is 0. The van der Waals surface area contributed by atoms with E-state index in [2.05, 4.69) is 0 Å². The minimum atomic E-state index is -0.229. The molecule has 0 radical (unpaired) electrons. The van der Waals surface area contributed by atoms with Gasteiger partial charge in [0.1, 0.15) is 0 Å². The van der Waals surface area contributed by atoms with Crippen LogP contribution in [0.2, 0.25) is 0 Å². The van der Waals surface area contributed by atoms with Gasteiger partial charge in [-0.3, -0.25) is 0 Å². The smallest absolute Gasteiger partial charge is 0.0693 e. The molecule has 2 saturated carbocycles. The molecule has 2 heteroatoms. The topological polar surface area (TPSA) is 46.2 Å². The third-order valence-electron chi connectivity index (χ3n) is 3.98. The number of aliphatic hydroxyl groups excluding tert-OH is 1. The fourth-order valence-electron chi connectivity index (χ4n) is 3.17. The second kappa shape index (κ2) is 3.97. The highest BCUT2D eigenvalue weighted by Gasteiger charge is 2.35. The zero-order valence-corrected chi connectivity index (χ0v) is 8.28. The van der Waals surface area contributed by atoms with E-state index in [9.17, 15) is 5.11 Å². The minimum Gasteiger partial charge on any atom is -0.392 e. The Kier molecular flexibility index (Phi) is 2.89. The Morgan fingerprint density at radius 1 is 0.923 bits per heavy atom. The van der Waals surface area contributed by atoms with Crippen LogP contribution in [0.1, 0.15) is 44.9 Å². The molecule has 0 aliphatic heterocycles. The summed E-state index contributed by atoms with van der Waals surface area (Å²) in [6.07, 6.45) is 8.48. The number of nitrogens with two attached hydrogens (primary N) is 1. The lowest BCUT2D eigenvalue weighted by atomic mass is 9.74. The summed E-state index contributed by atoms with van der Waals surface area (Å²) in [5.41, 5.74) is 6.08. The second-order valence-corrected chi connectivity index (χ2v) is 4.78. The fraction of sp³-hybridized carbons (Fsp3) is 1.00. The van der Waals surface area contributed by atoms with Crippen LogP contribution in [0.25, 0.3) is 0 Å². The predicted octanol–water partition coefficient (Wildman–Crippen LogP) is 1.66. The van der Waals surface area contributed by atoms with Crippen LogP contribution in [0.3, 0.4) is 0 Å². The molecule has 0 heterocycles. The van der Waals surface area contributed by atoms with E-state index in [1.54, 1.807) is 0 Å². The molecule has 4 atom stereocenters. The summed E-state index contributed by atoms with van der Waals surface area (Å²) in [4.78, 5) is 0. The van der Waals surface area contributed by atoms with Gasteiger partial charge < -0.3 is 10.8 Å². The molecular weight excluding hydrogens is 162 g/mol. The molecule has 3 N–H and O–H groups in total. The van der Waals surface area contributed by atoms with Gasteiger partial charge >= 0.3 is 0 Å². The molecule has 0 spiro atoms. The maximum absolute atomic E-state index is 9.77. The van der Waals surface area contributed by atoms with E-state index < -0.39 is 0 Å². The van der Waals surface area contributed by atoms with Gasteiger partial charge in [-0.2, -0.15) is 0 Å². The fourth-order valence-corrected chi connectivity index (χ4v) is 3.17. The molecule has 2 rings (SSSR count). The molecule has 0 amide bonds. The standard InChI is InChI=1S/C11H21NO/c12-11-9-6-2-1-4-8(9)5-3-7-10(11)13/h8-11,13H,1-7,12H2/t8-,9-,10-,11+/m0/s1. The van der Waals surface area contributed by atoms with Gasteiger partial charge in [0.05, 0.1) is 6.10 Å². The van der Waals surface area contributed by atoms with Gasteiger partial charge in [0.15, 0.2) is 0 Å². The summed E-state index contributed by atoms with van der Waals surface area (Å²) in [5, 5.41) is 9.77. The Morgan fingerprint density at radius 2 is 1.62 bits per heavy atom. The molecule has 2 fully saturated rings. The van der Waals surface area contributed by atoms with Gasteiger partial charge in [-0.1, -0.05) is 32.1 Å². The quantitative estimate of drug-likeness (QED) is 0.600. The second-order valence-electron chi connectivity index (χ2n) is 4.78. The van der Waals surface area contributed by atoms with Crippen molar-refractivity contribution in [2.24, 2.45) is 17.6 Å². The first kappa shape index (κ1) is 9.47. The molecule has 0 aromatic heterocycles. The van der Waals surface area contributed by atoms with E-state index in [1.807, 2.05) is 0 Å². The van der Waals surface area contributed by atoms with E-state index >= 15 is 0 Å². The monoisotopic (exact) mass is 183 g/mol. The lowest BCUT2D eigenvalue weighted by Crippen LogP contribution is -2.43. The average Bonchev–Trinajstić information content (AvgIpc) is 2.29. The Hall–Kier alpha value is -0.0800. The van der Waals surface area contributed by atoms with Crippen molar-refractivity contribution in [3.05, 3.63) is 0 Å². The molecule has 13 heavy (non-hydrogen) atoms. The largest absolute Gasteiger partial charge is 0.392 e. The summed E-state index contributed by atoms with van der Waals surface area (Å²) < 4.78 is 0. The van der Waals surface area contributed by atoms with Crippen molar-refractivity contribution in [2.45, 2.75) is 57.1 Å². The van der Waals surface area contributed by atoms with Gasteiger partial charge in [-0.25, -0.2) is 0 Å². The van der Waals surface area contributed by atoms with Crippen molar-refractivity contribution in [1.82, 2.24) is 0 Å². The molecule has 76 valence electrons. The Bertz CT molecular complexity index is 169. The molecule has 0 aromatic carbocycles. The highest BCUT2D eigenvalue weighted by Crippen LogP contribution is 2.38. The third-order valence-corrected chi connectivity index (χ3v) is 3.98. The van der Waals surface area contributed by atoms with Gasteiger partial charge in [-0.05, 0) is 24.7 Å². The Balaban J connectivity index is 2.06. The van der Waals surface area contributed by atoms with E-state index in [0.717, 1.165) is 12.3 Å². The van der Waals surface area contributed by atoms with Crippen molar-refractivity contribution in [3.63, 3.8) is 0 Å². The molecule has 0 saturated heterocycles. The van der Waals surface area contributed by atoms with Crippen LogP contribution in [-0.2, 0) is 0 Å². The van der Waals surface area contributed by atoms with Gasteiger partial charge in [-0.15, -0.1) is 0 Å². The summed E-state index contributed by atoms with van der Waals surface area (Å²) >= 11 is 0. The van der Waals surface area contributed by atoms with Gasteiger partial charge in [0, 0.05) is 6.04 Å². The van der Waals surface area contributed by atoms with Crippen molar-refractivity contribution < 1.29 is 5.11 Å². The number of rotatable bonds is 0. The molecule has 0 bridgehead atoms. The lowest BCUT2D eigenvalue weighted by Gasteiger charge is -2.34. The summed E-state index contributed by atoms with van der Waals surface area (Å²) in [5.74, 6) is 1.44. The van der Waals surface area contributed by atoms with E-state index in [-0.39, 0.29) is 12.1 Å². The van der Waals surface area contributed by atoms with Gasteiger partial charge in [0.25, 0.3) is 0 Å². The lowest BCUT2D eigenvalue weighted by molar-refractivity contribution is 0.0926. The van der Waals surface area contributed by atoms with Crippen LogP contribution in [0.15, 0.2) is 0 Å². The van der Waals surface area contributed by atoms with Crippen molar-refractivity contribution >= 4 is 0 Å². The highest BCUT2D eigenvalue weighted by molar-refractivity contribution is 4.89. The Morgan fingerprint density at radius 3 is 2.46 bits per heavy atom. The van der Waals surface area contributed by atoms with Crippen molar-refractivity contribution in [2.75, 3.05) is 0 Å². The van der Waals surface area contributed by atoms with Gasteiger partial charge in [0.2, 0.25) is 0 Å². The zero-order valence-electron chi connectivity index (χ0n) is 8.28. The number of aliphatic hydroxyl groups is 1. The van der Waals surface area contributed by atoms with Crippen molar-refractivity contribution in [1.29, 1.82) is 0 Å². The SMILES string of the molecule is N[C@@H]1[C@H]2CCCC[C@H]2CCC[C@@H]1O. The van der Waals surface area contributed by atoms with E-state index in [0.29, 0.717) is 5.92 Å². The average molecular weight is 183 g/mol. The number of fused-ring (bicyclic) bond motifs is 1. The summed E-state index contributed by atoms with van der Waals surface area (Å²) in [6, 6.07) is 0.0628. The van der Waals surface area contributed by atoms with Crippen molar-refractivity contribution in [3.8, 4) is 0 Å². The third kappa shape index (κ3) is 1.89. The molecule has 2 aliphatic carbocycles. The predicted molar refractivity (Wildman–Crippen MR) is 53.3 cm³/mol. The first-order valence-electron chi connectivity index (χ1n) is 5.72. The van der Waals surface area contributed by atoms with Crippen LogP contribution in [0.5, 0.6) is 0 Å². The maximum atomic E-state index is 9.77. The molecule has 2 nitrogen and oxygen atoms in total. The normalized spacial score (nSPS) is 46.6. The molecule has 0 unspecified atom stereocenters. The Labute approximate surface area is 80.5 Å². The first-order valence-corrected chi connectivity index (χ1v) is 5.72. The van der Waals surface area contributed by atoms with E-state index in [4.69, 9.17) is 5.73 Å². The molecular formula is C11H21NO.